The van der Waals surface area contributed by atoms with Crippen molar-refractivity contribution < 1.29 is 4.79 Å². The summed E-state index contributed by atoms with van der Waals surface area (Å²) in [5, 5.41) is 3.17. The molecular weight excluding hydrogens is 224 g/mol. The normalized spacial score (nSPS) is 44.7. The first-order valence-corrected chi connectivity index (χ1v) is 7.54. The Morgan fingerprint density at radius 2 is 1.56 bits per heavy atom. The quantitative estimate of drug-likeness (QED) is 0.805. The Bertz CT molecular complexity index is 315. The molecule has 3 nitrogen and oxygen atoms in total. The number of nitrogens with two attached hydrogens (primary N) is 1. The van der Waals surface area contributed by atoms with Gasteiger partial charge in [-0.05, 0) is 75.5 Å². The van der Waals surface area contributed by atoms with Crippen molar-refractivity contribution >= 4 is 5.91 Å². The van der Waals surface area contributed by atoms with Gasteiger partial charge in [0.05, 0.1) is 6.04 Å². The number of carbonyl (C=O) groups is 1. The molecule has 4 saturated carbocycles. The minimum Gasteiger partial charge on any atom is -0.352 e. The Morgan fingerprint density at radius 3 is 1.94 bits per heavy atom. The second kappa shape index (κ2) is 4.22. The van der Waals surface area contributed by atoms with Gasteiger partial charge in [-0.25, -0.2) is 0 Å². The molecule has 0 aromatic rings. The fraction of sp³-hybridized carbons (Fsp3) is 0.933. The van der Waals surface area contributed by atoms with E-state index in [0.717, 1.165) is 17.8 Å². The molecule has 2 atom stereocenters. The van der Waals surface area contributed by atoms with Crippen molar-refractivity contribution in [2.24, 2.45) is 28.9 Å². The third-order valence-corrected chi connectivity index (χ3v) is 5.78. The Morgan fingerprint density at radius 1 is 1.11 bits per heavy atom. The summed E-state index contributed by atoms with van der Waals surface area (Å²) in [4.78, 5) is 11.8. The lowest BCUT2D eigenvalue weighted by Gasteiger charge is -2.59. The van der Waals surface area contributed by atoms with Gasteiger partial charge >= 0.3 is 0 Å². The average Bonchev–Trinajstić information content (AvgIpc) is 2.26. The van der Waals surface area contributed by atoms with E-state index in [0.29, 0.717) is 11.5 Å². The predicted molar refractivity (Wildman–Crippen MR) is 71.9 cm³/mol. The maximum Gasteiger partial charge on any atom is 0.236 e. The first-order chi connectivity index (χ1) is 8.48. The molecule has 0 saturated heterocycles. The second-order valence-corrected chi connectivity index (χ2v) is 7.30. The first kappa shape index (κ1) is 12.5. The number of amides is 1. The number of hydrogen-bond acceptors (Lipinski definition) is 2. The Balaban J connectivity index is 1.73. The van der Waals surface area contributed by atoms with Crippen LogP contribution in [-0.4, -0.2) is 18.0 Å². The molecule has 18 heavy (non-hydrogen) atoms. The van der Waals surface area contributed by atoms with E-state index >= 15 is 0 Å². The van der Waals surface area contributed by atoms with Crippen LogP contribution in [0.5, 0.6) is 0 Å². The van der Waals surface area contributed by atoms with Gasteiger partial charge in [0, 0.05) is 6.04 Å². The maximum atomic E-state index is 11.8. The summed E-state index contributed by atoms with van der Waals surface area (Å²) in [5.74, 6) is 2.82. The molecule has 0 spiro atoms. The fourth-order valence-electron chi connectivity index (χ4n) is 5.21. The van der Waals surface area contributed by atoms with Crippen LogP contribution < -0.4 is 11.1 Å². The van der Waals surface area contributed by atoms with Gasteiger partial charge in [0.1, 0.15) is 0 Å². The van der Waals surface area contributed by atoms with Crippen LogP contribution in [0.1, 0.15) is 52.4 Å². The SMILES string of the molecule is CC(NC(=O)[C@@H](C)N)C12CC3CC(CC(C3)C1)C2. The molecule has 4 bridgehead atoms. The fourth-order valence-corrected chi connectivity index (χ4v) is 5.21. The van der Waals surface area contributed by atoms with Crippen molar-refractivity contribution in [3.8, 4) is 0 Å². The molecule has 0 aliphatic heterocycles. The van der Waals surface area contributed by atoms with E-state index in [9.17, 15) is 4.79 Å². The number of rotatable bonds is 3. The molecule has 0 radical (unpaired) electrons. The van der Waals surface area contributed by atoms with Crippen molar-refractivity contribution in [3.63, 3.8) is 0 Å². The standard InChI is InChI=1S/C15H26N2O/c1-9(16)14(18)17-10(2)15-6-11-3-12(7-15)5-13(4-11)8-15/h9-13H,3-8,16H2,1-2H3,(H,17,18)/t9-,10?,11?,12?,13?,15?/m1/s1. The highest BCUT2D eigenvalue weighted by atomic mass is 16.2. The van der Waals surface area contributed by atoms with E-state index in [4.69, 9.17) is 5.73 Å². The van der Waals surface area contributed by atoms with Crippen molar-refractivity contribution in [1.29, 1.82) is 0 Å². The molecule has 102 valence electrons. The molecule has 4 fully saturated rings. The van der Waals surface area contributed by atoms with Crippen LogP contribution in [0.3, 0.4) is 0 Å². The summed E-state index contributed by atoms with van der Waals surface area (Å²) in [5.41, 5.74) is 6.05. The van der Waals surface area contributed by atoms with E-state index in [1.165, 1.54) is 38.5 Å². The molecule has 0 heterocycles. The van der Waals surface area contributed by atoms with Crippen LogP contribution in [0.2, 0.25) is 0 Å². The average molecular weight is 250 g/mol. The van der Waals surface area contributed by atoms with Gasteiger partial charge in [-0.3, -0.25) is 4.79 Å². The topological polar surface area (TPSA) is 55.1 Å². The summed E-state index contributed by atoms with van der Waals surface area (Å²) in [6, 6.07) is -0.0919. The summed E-state index contributed by atoms with van der Waals surface area (Å²) in [7, 11) is 0. The van der Waals surface area contributed by atoms with E-state index in [-0.39, 0.29) is 11.9 Å². The van der Waals surface area contributed by atoms with Crippen LogP contribution in [-0.2, 0) is 4.79 Å². The summed E-state index contributed by atoms with van der Waals surface area (Å²) < 4.78 is 0. The Hall–Kier alpha value is -0.570. The lowest BCUT2D eigenvalue weighted by Crippen LogP contribution is -2.57. The monoisotopic (exact) mass is 250 g/mol. The number of nitrogens with one attached hydrogen (secondary N) is 1. The molecule has 0 aromatic carbocycles. The van der Waals surface area contributed by atoms with E-state index < -0.39 is 0 Å². The summed E-state index contributed by atoms with van der Waals surface area (Å²) >= 11 is 0. The largest absolute Gasteiger partial charge is 0.352 e. The highest BCUT2D eigenvalue weighted by Gasteiger charge is 2.53. The zero-order chi connectivity index (χ0) is 12.9. The lowest BCUT2D eigenvalue weighted by molar-refractivity contribution is -0.126. The number of carbonyl (C=O) groups excluding carboxylic acids is 1. The Labute approximate surface area is 110 Å². The van der Waals surface area contributed by atoms with Gasteiger partial charge in [-0.1, -0.05) is 0 Å². The van der Waals surface area contributed by atoms with Crippen LogP contribution in [0, 0.1) is 23.2 Å². The van der Waals surface area contributed by atoms with Gasteiger partial charge in [0.25, 0.3) is 0 Å². The molecule has 3 N–H and O–H groups in total. The van der Waals surface area contributed by atoms with Crippen LogP contribution >= 0.6 is 0 Å². The molecule has 1 amide bonds. The van der Waals surface area contributed by atoms with Gasteiger partial charge in [-0.15, -0.1) is 0 Å². The van der Waals surface area contributed by atoms with E-state index in [1.807, 2.05) is 0 Å². The zero-order valence-corrected chi connectivity index (χ0v) is 11.6. The zero-order valence-electron chi connectivity index (χ0n) is 11.6. The molecule has 4 rings (SSSR count). The second-order valence-electron chi connectivity index (χ2n) is 7.30. The van der Waals surface area contributed by atoms with Crippen LogP contribution in [0.4, 0.5) is 0 Å². The molecular formula is C15H26N2O. The maximum absolute atomic E-state index is 11.8. The van der Waals surface area contributed by atoms with Crippen LogP contribution in [0.25, 0.3) is 0 Å². The van der Waals surface area contributed by atoms with Gasteiger partial charge in [0.15, 0.2) is 0 Å². The first-order valence-electron chi connectivity index (χ1n) is 7.54. The van der Waals surface area contributed by atoms with Crippen molar-refractivity contribution in [1.82, 2.24) is 5.32 Å². The predicted octanol–water partition coefficient (Wildman–Crippen LogP) is 2.05. The third-order valence-electron chi connectivity index (χ3n) is 5.78. The molecule has 3 heteroatoms. The Kier molecular flexibility index (Phi) is 2.92. The van der Waals surface area contributed by atoms with Crippen molar-refractivity contribution in [3.05, 3.63) is 0 Å². The minimum atomic E-state index is -0.388. The molecule has 1 unspecified atom stereocenters. The van der Waals surface area contributed by atoms with Crippen molar-refractivity contribution in [2.45, 2.75) is 64.5 Å². The smallest absolute Gasteiger partial charge is 0.236 e. The highest BCUT2D eigenvalue weighted by Crippen LogP contribution is 2.61. The van der Waals surface area contributed by atoms with Crippen LogP contribution in [0.15, 0.2) is 0 Å². The highest BCUT2D eigenvalue weighted by molar-refractivity contribution is 5.81. The van der Waals surface area contributed by atoms with Crippen molar-refractivity contribution in [2.75, 3.05) is 0 Å². The van der Waals surface area contributed by atoms with Gasteiger partial charge < -0.3 is 11.1 Å². The minimum absolute atomic E-state index is 0.0123. The number of hydrogen-bond donors (Lipinski definition) is 2. The summed E-state index contributed by atoms with van der Waals surface area (Å²) in [6.07, 6.45) is 8.35. The summed E-state index contributed by atoms with van der Waals surface area (Å²) in [6.45, 7) is 3.97. The third kappa shape index (κ3) is 1.97. The van der Waals surface area contributed by atoms with Gasteiger partial charge in [0.2, 0.25) is 5.91 Å². The lowest BCUT2D eigenvalue weighted by atomic mass is 9.48. The van der Waals surface area contributed by atoms with Gasteiger partial charge in [-0.2, -0.15) is 0 Å². The molecule has 0 aromatic heterocycles. The molecule has 4 aliphatic carbocycles. The van der Waals surface area contributed by atoms with E-state index in [1.54, 1.807) is 6.92 Å². The van der Waals surface area contributed by atoms with E-state index in [2.05, 4.69) is 12.2 Å². The molecule has 4 aliphatic rings.